The first kappa shape index (κ1) is 19.8. The van der Waals surface area contributed by atoms with Crippen molar-refractivity contribution in [3.63, 3.8) is 0 Å². The number of hydrogen-bond acceptors (Lipinski definition) is 5. The van der Waals surface area contributed by atoms with E-state index in [2.05, 4.69) is 25.4 Å². The summed E-state index contributed by atoms with van der Waals surface area (Å²) in [6.45, 7) is 6.64. The number of morpholine rings is 1. The minimum atomic E-state index is -0.197. The van der Waals surface area contributed by atoms with E-state index >= 15 is 0 Å². The Hall–Kier alpha value is -1.47. The first-order chi connectivity index (χ1) is 13.5. The highest BCUT2D eigenvalue weighted by atomic mass is 16.5. The number of aryl methyl sites for hydroxylation is 1. The van der Waals surface area contributed by atoms with Crippen molar-refractivity contribution in [3.05, 3.63) is 11.6 Å². The molecular weight excluding hydrogens is 354 g/mol. The number of nitrogens with zero attached hydrogens (tertiary/aromatic N) is 3. The van der Waals surface area contributed by atoms with Gasteiger partial charge in [-0.15, -0.1) is 0 Å². The molecule has 1 aliphatic heterocycles. The molecule has 28 heavy (non-hydrogen) atoms. The molecule has 1 aromatic heterocycles. The zero-order chi connectivity index (χ0) is 19.6. The molecule has 3 aliphatic rings. The number of nitrogens with one attached hydrogen (secondary N) is 2. The minimum Gasteiger partial charge on any atom is -0.374 e. The summed E-state index contributed by atoms with van der Waals surface area (Å²) in [5.41, 5.74) is 0.258. The molecule has 7 heteroatoms. The third-order valence-corrected chi connectivity index (χ3v) is 6.96. The highest BCUT2D eigenvalue weighted by Crippen LogP contribution is 2.42. The van der Waals surface area contributed by atoms with E-state index in [4.69, 9.17) is 4.74 Å². The Morgan fingerprint density at radius 1 is 1.32 bits per heavy atom. The van der Waals surface area contributed by atoms with Gasteiger partial charge in [-0.25, -0.2) is 4.98 Å². The van der Waals surface area contributed by atoms with E-state index in [9.17, 15) is 4.79 Å². The number of hydrogen-bond donors (Lipinski definition) is 2. The lowest BCUT2D eigenvalue weighted by Gasteiger charge is -2.55. The van der Waals surface area contributed by atoms with Crippen LogP contribution < -0.4 is 5.32 Å². The fourth-order valence-corrected chi connectivity index (χ4v) is 5.10. The molecule has 1 aromatic rings. The molecule has 1 unspecified atom stereocenters. The highest BCUT2D eigenvalue weighted by Gasteiger charge is 2.47. The summed E-state index contributed by atoms with van der Waals surface area (Å²) in [6, 6.07) is -0.197. The number of amides is 1. The van der Waals surface area contributed by atoms with E-state index in [1.54, 1.807) is 0 Å². The molecule has 7 nitrogen and oxygen atoms in total. The first-order valence-corrected chi connectivity index (χ1v) is 11.1. The minimum absolute atomic E-state index is 0.0159. The van der Waals surface area contributed by atoms with Crippen molar-refractivity contribution in [3.8, 4) is 0 Å². The third-order valence-electron chi connectivity index (χ3n) is 6.96. The van der Waals surface area contributed by atoms with Crippen LogP contribution in [-0.2, 0) is 9.53 Å². The number of carbonyl (C=O) groups is 1. The average Bonchev–Trinajstić information content (AvgIpc) is 3.08. The highest BCUT2D eigenvalue weighted by molar-refractivity contribution is 5.76. The maximum Gasteiger partial charge on any atom is 0.223 e. The van der Waals surface area contributed by atoms with Gasteiger partial charge in [-0.3, -0.25) is 14.8 Å². The molecule has 3 fully saturated rings. The van der Waals surface area contributed by atoms with Crippen LogP contribution in [0.4, 0.5) is 0 Å². The molecule has 2 atom stereocenters. The van der Waals surface area contributed by atoms with Gasteiger partial charge in [0.05, 0.1) is 25.2 Å². The number of carbonyl (C=O) groups excluding carboxylic acids is 1. The summed E-state index contributed by atoms with van der Waals surface area (Å²) in [5.74, 6) is 2.23. The van der Waals surface area contributed by atoms with Crippen molar-refractivity contribution in [2.45, 2.75) is 89.3 Å². The number of aromatic nitrogens is 3. The lowest BCUT2D eigenvalue weighted by atomic mass is 9.74. The van der Waals surface area contributed by atoms with E-state index in [0.29, 0.717) is 12.2 Å². The standard InChI is InChI=1S/C21H35N5O2/c1-15(20-23-16(2)24-25-20)22-19(27)11-18-13-26(12-17-7-4-3-5-8-17)21(14-28-18)9-6-10-21/h15,17-18H,3-14H2,1-2H3,(H,22,27)(H,23,24,25)/t15-,18?/m1/s1. The zero-order valence-electron chi connectivity index (χ0n) is 17.4. The molecule has 0 radical (unpaired) electrons. The van der Waals surface area contributed by atoms with Crippen LogP contribution in [0.5, 0.6) is 0 Å². The smallest absolute Gasteiger partial charge is 0.223 e. The Kier molecular flexibility index (Phi) is 6.01. The second kappa shape index (κ2) is 8.49. The summed E-state index contributed by atoms with van der Waals surface area (Å²) >= 11 is 0. The van der Waals surface area contributed by atoms with Crippen LogP contribution >= 0.6 is 0 Å². The Morgan fingerprint density at radius 2 is 2.11 bits per heavy atom. The normalized spacial score (nSPS) is 26.7. The Morgan fingerprint density at radius 3 is 2.75 bits per heavy atom. The SMILES string of the molecule is Cc1nc([C@@H](C)NC(=O)CC2CN(CC3CCCCC3)C3(CCC3)CO2)n[nH]1. The van der Waals surface area contributed by atoms with Gasteiger partial charge in [0.15, 0.2) is 5.82 Å². The van der Waals surface area contributed by atoms with Gasteiger partial charge in [0.25, 0.3) is 0 Å². The van der Waals surface area contributed by atoms with Gasteiger partial charge in [0.1, 0.15) is 5.82 Å². The fourth-order valence-electron chi connectivity index (χ4n) is 5.10. The molecule has 156 valence electrons. The molecule has 0 aromatic carbocycles. The van der Waals surface area contributed by atoms with E-state index in [1.165, 1.54) is 57.9 Å². The molecule has 2 heterocycles. The van der Waals surface area contributed by atoms with Crippen molar-refractivity contribution in [2.24, 2.45) is 5.92 Å². The zero-order valence-corrected chi connectivity index (χ0v) is 17.4. The Bertz CT molecular complexity index is 666. The van der Waals surface area contributed by atoms with Gasteiger partial charge < -0.3 is 10.1 Å². The van der Waals surface area contributed by atoms with Gasteiger partial charge in [0.2, 0.25) is 5.91 Å². The van der Waals surface area contributed by atoms with Gasteiger partial charge >= 0.3 is 0 Å². The predicted molar refractivity (Wildman–Crippen MR) is 107 cm³/mol. The summed E-state index contributed by atoms with van der Waals surface area (Å²) in [4.78, 5) is 19.6. The number of rotatable bonds is 6. The molecular formula is C21H35N5O2. The molecule has 1 saturated heterocycles. The number of H-pyrrole nitrogens is 1. The van der Waals surface area contributed by atoms with Crippen molar-refractivity contribution < 1.29 is 9.53 Å². The van der Waals surface area contributed by atoms with E-state index < -0.39 is 0 Å². The van der Waals surface area contributed by atoms with Crippen LogP contribution in [0.3, 0.4) is 0 Å². The Balaban J connectivity index is 1.31. The second-order valence-electron chi connectivity index (χ2n) is 9.19. The molecule has 1 amide bonds. The van der Waals surface area contributed by atoms with Gasteiger partial charge in [-0.05, 0) is 51.9 Å². The van der Waals surface area contributed by atoms with Crippen molar-refractivity contribution in [2.75, 3.05) is 19.7 Å². The summed E-state index contributed by atoms with van der Waals surface area (Å²) < 4.78 is 6.18. The van der Waals surface area contributed by atoms with Crippen LogP contribution in [0.25, 0.3) is 0 Å². The topological polar surface area (TPSA) is 83.1 Å². The van der Waals surface area contributed by atoms with Crippen molar-refractivity contribution in [1.29, 1.82) is 0 Å². The monoisotopic (exact) mass is 389 g/mol. The largest absolute Gasteiger partial charge is 0.374 e. The summed E-state index contributed by atoms with van der Waals surface area (Å²) in [6.07, 6.45) is 11.1. The maximum absolute atomic E-state index is 12.6. The van der Waals surface area contributed by atoms with Crippen LogP contribution in [0.1, 0.15) is 82.4 Å². The summed E-state index contributed by atoms with van der Waals surface area (Å²) in [5, 5.41) is 9.99. The van der Waals surface area contributed by atoms with Gasteiger partial charge in [-0.1, -0.05) is 19.3 Å². The second-order valence-corrected chi connectivity index (χ2v) is 9.19. The third kappa shape index (κ3) is 4.40. The lowest BCUT2D eigenvalue weighted by molar-refractivity contribution is -0.155. The molecule has 2 saturated carbocycles. The van der Waals surface area contributed by atoms with Gasteiger partial charge in [-0.2, -0.15) is 5.10 Å². The lowest BCUT2D eigenvalue weighted by Crippen LogP contribution is -2.64. The van der Waals surface area contributed by atoms with Crippen molar-refractivity contribution in [1.82, 2.24) is 25.4 Å². The van der Waals surface area contributed by atoms with E-state index in [1.807, 2.05) is 13.8 Å². The number of aromatic amines is 1. The van der Waals surface area contributed by atoms with Crippen molar-refractivity contribution >= 4 is 5.91 Å². The van der Waals surface area contributed by atoms with E-state index in [0.717, 1.165) is 24.9 Å². The van der Waals surface area contributed by atoms with Crippen LogP contribution in [0.2, 0.25) is 0 Å². The van der Waals surface area contributed by atoms with Crippen LogP contribution in [0.15, 0.2) is 0 Å². The molecule has 0 bridgehead atoms. The fraction of sp³-hybridized carbons (Fsp3) is 0.857. The Labute approximate surface area is 168 Å². The molecule has 4 rings (SSSR count). The summed E-state index contributed by atoms with van der Waals surface area (Å²) in [7, 11) is 0. The maximum atomic E-state index is 12.6. The molecule has 2 aliphatic carbocycles. The van der Waals surface area contributed by atoms with Crippen LogP contribution in [-0.4, -0.2) is 57.3 Å². The van der Waals surface area contributed by atoms with E-state index in [-0.39, 0.29) is 23.6 Å². The first-order valence-electron chi connectivity index (χ1n) is 11.1. The quantitative estimate of drug-likeness (QED) is 0.782. The molecule has 1 spiro atoms. The van der Waals surface area contributed by atoms with Crippen LogP contribution in [0, 0.1) is 12.8 Å². The van der Waals surface area contributed by atoms with Gasteiger partial charge in [0, 0.05) is 18.6 Å². The molecule has 2 N–H and O–H groups in total. The number of ether oxygens (including phenoxy) is 1. The predicted octanol–water partition coefficient (Wildman–Crippen LogP) is 2.88. The average molecular weight is 390 g/mol.